The molecule has 1 fully saturated rings. The van der Waals surface area contributed by atoms with E-state index in [1.165, 1.54) is 0 Å². The Hall–Kier alpha value is -2.89. The number of aliphatic imine (C=N–C) groups is 1. The molecule has 238 valence electrons. The van der Waals surface area contributed by atoms with Gasteiger partial charge in [0.2, 0.25) is 5.67 Å². The molecule has 5 atom stereocenters. The van der Waals surface area contributed by atoms with Gasteiger partial charge in [-0.15, -0.1) is 6.42 Å². The van der Waals surface area contributed by atoms with E-state index in [-0.39, 0.29) is 47.8 Å². The van der Waals surface area contributed by atoms with Crippen molar-refractivity contribution in [2.75, 3.05) is 19.0 Å². The SMILES string of the molecule is C#C[C@@]1(F)[C@H](O)[C@@H](COP(=O)(NCc2ccc(C)cc2)OCCSC(=O)C(C)(C)CC)O[C@H]1n1cnc2c1N=C(N)CC2=O. The zero-order chi connectivity index (χ0) is 32.3. The van der Waals surface area contributed by atoms with Crippen LogP contribution in [-0.2, 0) is 29.7 Å². The molecule has 2 aliphatic rings. The van der Waals surface area contributed by atoms with Crippen molar-refractivity contribution >= 4 is 42.1 Å². The van der Waals surface area contributed by atoms with E-state index >= 15 is 4.39 Å². The fraction of sp³-hybridized carbons (Fsp3) is 0.517. The number of amidine groups is 1. The number of hydrogen-bond donors (Lipinski definition) is 3. The minimum absolute atomic E-state index is 0.00343. The van der Waals surface area contributed by atoms with Gasteiger partial charge in [0.1, 0.15) is 18.0 Å². The number of thioether (sulfide) groups is 1. The molecule has 0 aliphatic carbocycles. The van der Waals surface area contributed by atoms with Gasteiger partial charge in [-0.2, -0.15) is 0 Å². The average molecular weight is 650 g/mol. The van der Waals surface area contributed by atoms with E-state index in [0.717, 1.165) is 33.8 Å². The van der Waals surface area contributed by atoms with Crippen molar-refractivity contribution in [3.8, 4) is 12.3 Å². The molecule has 4 N–H and O–H groups in total. The minimum atomic E-state index is -4.09. The summed E-state index contributed by atoms with van der Waals surface area (Å²) < 4.78 is 48.1. The summed E-state index contributed by atoms with van der Waals surface area (Å²) in [5.74, 6) is 1.70. The lowest BCUT2D eigenvalue weighted by atomic mass is 9.92. The first kappa shape index (κ1) is 34.0. The molecule has 1 saturated heterocycles. The number of carbonyl (C=O) groups is 2. The number of fused-ring (bicyclic) bond motifs is 1. The van der Waals surface area contributed by atoms with Crippen LogP contribution in [0.5, 0.6) is 0 Å². The van der Waals surface area contributed by atoms with Crippen LogP contribution in [0, 0.1) is 24.7 Å². The van der Waals surface area contributed by atoms with Crippen LogP contribution in [0.1, 0.15) is 61.5 Å². The van der Waals surface area contributed by atoms with Crippen molar-refractivity contribution in [2.24, 2.45) is 16.1 Å². The van der Waals surface area contributed by atoms with Crippen molar-refractivity contribution in [1.29, 1.82) is 0 Å². The van der Waals surface area contributed by atoms with Crippen LogP contribution >= 0.6 is 19.5 Å². The molecule has 2 aromatic rings. The number of aromatic nitrogens is 2. The molecular weight excluding hydrogens is 612 g/mol. The molecule has 3 heterocycles. The smallest absolute Gasteiger partial charge is 0.387 e. The number of terminal acetylenes is 1. The number of Topliss-reactive ketones (excluding diaryl/α,β-unsaturated/α-hetero) is 1. The predicted molar refractivity (Wildman–Crippen MR) is 164 cm³/mol. The molecule has 1 aromatic heterocycles. The van der Waals surface area contributed by atoms with Crippen molar-refractivity contribution in [3.05, 3.63) is 47.4 Å². The van der Waals surface area contributed by atoms with E-state index in [0.29, 0.717) is 6.42 Å². The lowest BCUT2D eigenvalue weighted by Gasteiger charge is -2.24. The van der Waals surface area contributed by atoms with Crippen molar-refractivity contribution in [1.82, 2.24) is 14.6 Å². The Kier molecular flexibility index (Phi) is 10.5. The van der Waals surface area contributed by atoms with Gasteiger partial charge in [0, 0.05) is 17.7 Å². The van der Waals surface area contributed by atoms with Crippen LogP contribution in [0.4, 0.5) is 10.2 Å². The van der Waals surface area contributed by atoms with Crippen molar-refractivity contribution in [3.63, 3.8) is 0 Å². The molecule has 0 spiro atoms. The van der Waals surface area contributed by atoms with Gasteiger partial charge in [-0.1, -0.05) is 68.3 Å². The first-order chi connectivity index (χ1) is 20.7. The number of ketones is 1. The number of imidazole rings is 1. The van der Waals surface area contributed by atoms with Crippen LogP contribution in [0.3, 0.4) is 0 Å². The molecule has 1 aromatic carbocycles. The van der Waals surface area contributed by atoms with Crippen molar-refractivity contribution in [2.45, 2.75) is 71.2 Å². The summed E-state index contributed by atoms with van der Waals surface area (Å²) in [4.78, 5) is 32.9. The largest absolute Gasteiger partial charge is 0.405 e. The number of nitrogens with two attached hydrogens (primary N) is 1. The fourth-order valence-corrected chi connectivity index (χ4v) is 6.71. The monoisotopic (exact) mass is 649 g/mol. The summed E-state index contributed by atoms with van der Waals surface area (Å²) in [5.41, 5.74) is 4.25. The Bertz CT molecular complexity index is 1510. The Morgan fingerprint density at radius 1 is 1.39 bits per heavy atom. The summed E-state index contributed by atoms with van der Waals surface area (Å²) in [5, 5.41) is 13.7. The summed E-state index contributed by atoms with van der Waals surface area (Å²) >= 11 is 1.06. The second-order valence-corrected chi connectivity index (χ2v) is 14.1. The van der Waals surface area contributed by atoms with Gasteiger partial charge in [-0.25, -0.2) is 24.0 Å². The van der Waals surface area contributed by atoms with Gasteiger partial charge in [0.15, 0.2) is 28.6 Å². The molecule has 0 radical (unpaired) electrons. The maximum absolute atomic E-state index is 16.1. The Balaban J connectivity index is 1.49. The van der Waals surface area contributed by atoms with Gasteiger partial charge in [0.25, 0.3) is 0 Å². The average Bonchev–Trinajstić information content (AvgIpc) is 3.52. The third-order valence-electron chi connectivity index (χ3n) is 7.56. The first-order valence-electron chi connectivity index (χ1n) is 14.0. The molecule has 44 heavy (non-hydrogen) atoms. The van der Waals surface area contributed by atoms with Crippen LogP contribution in [-0.4, -0.2) is 68.2 Å². The third-order valence-corrected chi connectivity index (χ3v) is 10.3. The summed E-state index contributed by atoms with van der Waals surface area (Å²) in [6.45, 7) is 6.98. The van der Waals surface area contributed by atoms with E-state index in [1.54, 1.807) is 0 Å². The fourth-order valence-electron chi connectivity index (χ4n) is 4.39. The molecule has 12 nitrogen and oxygen atoms in total. The molecular formula is C29H37FN5O7PS. The molecule has 4 rings (SSSR count). The van der Waals surface area contributed by atoms with Gasteiger partial charge in [0.05, 0.1) is 26.0 Å². The van der Waals surface area contributed by atoms with Crippen LogP contribution in [0.15, 0.2) is 35.6 Å². The second kappa shape index (κ2) is 13.6. The number of carbonyl (C=O) groups excluding carboxylic acids is 2. The Labute approximate surface area is 259 Å². The number of aryl methyl sites for hydroxylation is 1. The van der Waals surface area contributed by atoms with Gasteiger partial charge in [-0.05, 0) is 18.9 Å². The summed E-state index contributed by atoms with van der Waals surface area (Å²) in [6, 6.07) is 7.48. The number of ether oxygens (including phenoxy) is 1. The molecule has 2 aliphatic heterocycles. The number of aliphatic hydroxyl groups excluding tert-OH is 1. The molecule has 0 bridgehead atoms. The van der Waals surface area contributed by atoms with Gasteiger partial charge < -0.3 is 15.6 Å². The number of rotatable bonds is 13. The molecule has 0 saturated carbocycles. The Morgan fingerprint density at radius 3 is 2.75 bits per heavy atom. The lowest BCUT2D eigenvalue weighted by Crippen LogP contribution is -2.42. The number of nitrogens with zero attached hydrogens (tertiary/aromatic N) is 3. The lowest BCUT2D eigenvalue weighted by molar-refractivity contribution is -0.118. The zero-order valence-electron chi connectivity index (χ0n) is 25.0. The number of halogens is 1. The third kappa shape index (κ3) is 7.32. The van der Waals surface area contributed by atoms with E-state index in [9.17, 15) is 19.3 Å². The van der Waals surface area contributed by atoms with Gasteiger partial charge >= 0.3 is 7.75 Å². The van der Waals surface area contributed by atoms with E-state index in [4.69, 9.17) is 25.9 Å². The topological polar surface area (TPSA) is 167 Å². The molecule has 1 unspecified atom stereocenters. The van der Waals surface area contributed by atoms with Crippen LogP contribution in [0.2, 0.25) is 0 Å². The van der Waals surface area contributed by atoms with E-state index < -0.39 is 49.7 Å². The quantitative estimate of drug-likeness (QED) is 0.163. The predicted octanol–water partition coefficient (Wildman–Crippen LogP) is 3.99. The summed E-state index contributed by atoms with van der Waals surface area (Å²) in [6.07, 6.45) is 2.18. The standard InChI is InChI=1S/C29H37FN5O7PS/c1-6-28(4,5)27(38)44-13-12-40-43(39,33-15-19-10-8-18(3)9-11-19)41-16-21-24(37)29(30,7-2)26(42-21)35-17-32-23-20(36)14-22(31)34-25(23)35/h2,8-11,17,21,24,26,37H,6,12-16H2,1,3-5H3,(H2,31,34)(H,33,39)/t21-,24-,26-,29-,43?/m1/s1. The van der Waals surface area contributed by atoms with Gasteiger partial charge in [-0.3, -0.25) is 23.2 Å². The highest BCUT2D eigenvalue weighted by molar-refractivity contribution is 8.13. The van der Waals surface area contributed by atoms with Crippen LogP contribution in [0.25, 0.3) is 0 Å². The molecule has 0 amide bonds. The highest BCUT2D eigenvalue weighted by Gasteiger charge is 2.58. The number of alkyl halides is 1. The van der Waals surface area contributed by atoms with E-state index in [1.807, 2.05) is 57.9 Å². The van der Waals surface area contributed by atoms with Crippen molar-refractivity contribution < 1.29 is 37.4 Å². The number of aliphatic hydroxyl groups is 1. The highest BCUT2D eigenvalue weighted by Crippen LogP contribution is 2.48. The summed E-state index contributed by atoms with van der Waals surface area (Å²) in [7, 11) is -4.09. The first-order valence-corrected chi connectivity index (χ1v) is 16.6. The maximum atomic E-state index is 16.1. The van der Waals surface area contributed by atoms with E-state index in [2.05, 4.69) is 15.1 Å². The number of hydrogen-bond acceptors (Lipinski definition) is 11. The normalized spacial score (nSPS) is 24.8. The Morgan fingerprint density at radius 2 is 2.09 bits per heavy atom. The maximum Gasteiger partial charge on any atom is 0.405 e. The number of benzene rings is 1. The zero-order valence-corrected chi connectivity index (χ0v) is 26.7. The van der Waals surface area contributed by atoms with Crippen LogP contribution < -0.4 is 10.8 Å². The number of nitrogens with one attached hydrogen (secondary N) is 1. The minimum Gasteiger partial charge on any atom is -0.387 e. The molecule has 15 heteroatoms. The second-order valence-electron chi connectivity index (χ2n) is 11.2. The highest BCUT2D eigenvalue weighted by atomic mass is 32.2.